The van der Waals surface area contributed by atoms with Crippen LogP contribution < -0.4 is 0 Å². The van der Waals surface area contributed by atoms with Crippen molar-refractivity contribution < 1.29 is 8.78 Å². The Morgan fingerprint density at radius 1 is 0.966 bits per heavy atom. The number of rotatable bonds is 4. The molecule has 4 rings (SSSR count). The quantitative estimate of drug-likeness (QED) is 0.377. The monoisotopic (exact) mass is 384 g/mol. The molecule has 0 spiro atoms. The zero-order chi connectivity index (χ0) is 20.4. The first-order valence-electron chi connectivity index (χ1n) is 9.25. The summed E-state index contributed by atoms with van der Waals surface area (Å²) in [4.78, 5) is 0. The van der Waals surface area contributed by atoms with Crippen LogP contribution in [-0.2, 0) is 6.54 Å². The maximum absolute atomic E-state index is 13.9. The first-order chi connectivity index (χ1) is 14.0. The van der Waals surface area contributed by atoms with E-state index in [-0.39, 0.29) is 11.6 Å². The maximum atomic E-state index is 13.9. The Kier molecular flexibility index (Phi) is 4.97. The fraction of sp³-hybridized carbons (Fsp3) is 0.0800. The van der Waals surface area contributed by atoms with Crippen molar-refractivity contribution in [2.75, 3.05) is 0 Å². The zero-order valence-corrected chi connectivity index (χ0v) is 15.9. The second kappa shape index (κ2) is 7.73. The highest BCUT2D eigenvalue weighted by atomic mass is 19.1. The van der Waals surface area contributed by atoms with Crippen LogP contribution in [0.15, 0.2) is 72.9 Å². The second-order valence-electron chi connectivity index (χ2n) is 7.04. The van der Waals surface area contributed by atoms with E-state index in [9.17, 15) is 14.0 Å². The predicted octanol–water partition coefficient (Wildman–Crippen LogP) is 6.34. The zero-order valence-electron chi connectivity index (χ0n) is 15.9. The molecule has 0 amide bonds. The molecule has 0 saturated carbocycles. The van der Waals surface area contributed by atoms with Crippen LogP contribution >= 0.6 is 0 Å². The Labute approximate surface area is 168 Å². The van der Waals surface area contributed by atoms with Crippen LogP contribution in [0.1, 0.15) is 22.3 Å². The lowest BCUT2D eigenvalue weighted by Crippen LogP contribution is -1.97. The molecule has 0 aliphatic heterocycles. The van der Waals surface area contributed by atoms with Gasteiger partial charge in [-0.2, -0.15) is 5.26 Å². The largest absolute Gasteiger partial charge is 0.342 e. The summed E-state index contributed by atoms with van der Waals surface area (Å²) >= 11 is 0. The van der Waals surface area contributed by atoms with Gasteiger partial charge in [0.15, 0.2) is 0 Å². The van der Waals surface area contributed by atoms with E-state index >= 15 is 0 Å². The van der Waals surface area contributed by atoms with E-state index < -0.39 is 0 Å². The Morgan fingerprint density at radius 3 is 2.34 bits per heavy atom. The van der Waals surface area contributed by atoms with E-state index in [1.807, 2.05) is 42.0 Å². The lowest BCUT2D eigenvalue weighted by Gasteiger charge is -2.05. The summed E-state index contributed by atoms with van der Waals surface area (Å²) in [6, 6.07) is 20.9. The van der Waals surface area contributed by atoms with Gasteiger partial charge >= 0.3 is 0 Å². The molecule has 29 heavy (non-hydrogen) atoms. The van der Waals surface area contributed by atoms with Crippen molar-refractivity contribution in [3.8, 4) is 6.07 Å². The van der Waals surface area contributed by atoms with Crippen molar-refractivity contribution in [3.63, 3.8) is 0 Å². The third kappa shape index (κ3) is 3.95. The average molecular weight is 384 g/mol. The molecule has 4 aromatic rings. The van der Waals surface area contributed by atoms with E-state index in [1.54, 1.807) is 24.3 Å². The fourth-order valence-electron chi connectivity index (χ4n) is 3.40. The molecular weight excluding hydrogens is 366 g/mol. The molecule has 0 saturated heterocycles. The Balaban J connectivity index is 1.81. The molecule has 0 bridgehead atoms. The van der Waals surface area contributed by atoms with Gasteiger partial charge in [-0.25, -0.2) is 8.78 Å². The van der Waals surface area contributed by atoms with Crippen molar-refractivity contribution in [2.24, 2.45) is 0 Å². The number of hydrogen-bond donors (Lipinski definition) is 0. The third-order valence-electron chi connectivity index (χ3n) is 4.92. The highest BCUT2D eigenvalue weighted by Gasteiger charge is 2.11. The molecule has 0 radical (unpaired) electrons. The molecule has 0 fully saturated rings. The number of halogens is 2. The van der Waals surface area contributed by atoms with Gasteiger partial charge in [0.25, 0.3) is 0 Å². The van der Waals surface area contributed by atoms with Crippen molar-refractivity contribution in [1.82, 2.24) is 4.57 Å². The van der Waals surface area contributed by atoms with Crippen molar-refractivity contribution in [2.45, 2.75) is 13.5 Å². The summed E-state index contributed by atoms with van der Waals surface area (Å²) in [6.45, 7) is 2.51. The number of aryl methyl sites for hydroxylation is 1. The van der Waals surface area contributed by atoms with E-state index in [2.05, 4.69) is 6.07 Å². The van der Waals surface area contributed by atoms with Gasteiger partial charge < -0.3 is 4.57 Å². The molecule has 1 aromatic heterocycles. The van der Waals surface area contributed by atoms with E-state index in [0.717, 1.165) is 33.2 Å². The summed E-state index contributed by atoms with van der Waals surface area (Å²) in [5.41, 5.74) is 4.98. The standard InChI is InChI=1S/C25H18F2N2/c1-17-2-6-19(7-3-17)20(14-28)12-21-16-29(15-18-4-8-22(26)9-5-18)25-11-10-23(27)13-24(21)25/h2-13,16H,15H2,1H3/b20-12+. The lowest BCUT2D eigenvalue weighted by atomic mass is 10.0. The summed E-state index contributed by atoms with van der Waals surface area (Å²) in [5.74, 6) is -0.617. The minimum absolute atomic E-state index is 0.284. The van der Waals surface area contributed by atoms with Crippen LogP contribution in [0.5, 0.6) is 0 Å². The summed E-state index contributed by atoms with van der Waals surface area (Å²) in [5, 5.41) is 10.4. The predicted molar refractivity (Wildman–Crippen MR) is 112 cm³/mol. The third-order valence-corrected chi connectivity index (χ3v) is 4.92. The smallest absolute Gasteiger partial charge is 0.123 e. The molecule has 0 unspecified atom stereocenters. The number of aromatic nitrogens is 1. The molecule has 0 aliphatic carbocycles. The van der Waals surface area contributed by atoms with Gasteiger partial charge in [-0.05, 0) is 54.5 Å². The van der Waals surface area contributed by atoms with Gasteiger partial charge in [-0.15, -0.1) is 0 Å². The molecule has 0 N–H and O–H groups in total. The van der Waals surface area contributed by atoms with Crippen molar-refractivity contribution >= 4 is 22.6 Å². The first-order valence-corrected chi connectivity index (χ1v) is 9.25. The molecule has 0 atom stereocenters. The number of benzene rings is 3. The summed E-state index contributed by atoms with van der Waals surface area (Å²) in [7, 11) is 0. The number of fused-ring (bicyclic) bond motifs is 1. The highest BCUT2D eigenvalue weighted by Crippen LogP contribution is 2.28. The topological polar surface area (TPSA) is 28.7 Å². The van der Waals surface area contributed by atoms with Crippen LogP contribution in [0, 0.1) is 29.9 Å². The molecule has 0 aliphatic rings. The van der Waals surface area contributed by atoms with Gasteiger partial charge in [0.2, 0.25) is 0 Å². The van der Waals surface area contributed by atoms with Crippen LogP contribution in [0.2, 0.25) is 0 Å². The SMILES string of the molecule is Cc1ccc(/C(C#N)=C/c2cn(Cc3ccc(F)cc3)c3ccc(F)cc23)cc1. The van der Waals surface area contributed by atoms with Gasteiger partial charge in [0.05, 0.1) is 11.6 Å². The van der Waals surface area contributed by atoms with Crippen LogP contribution in [0.4, 0.5) is 8.78 Å². The Hall–Kier alpha value is -3.71. The van der Waals surface area contributed by atoms with E-state index in [4.69, 9.17) is 0 Å². The van der Waals surface area contributed by atoms with Crippen LogP contribution in [0.3, 0.4) is 0 Å². The minimum atomic E-state index is -0.333. The van der Waals surface area contributed by atoms with Gasteiger partial charge in [0.1, 0.15) is 11.6 Å². The molecule has 1 heterocycles. The second-order valence-corrected chi connectivity index (χ2v) is 7.04. The fourth-order valence-corrected chi connectivity index (χ4v) is 3.40. The van der Waals surface area contributed by atoms with Gasteiger partial charge in [-0.1, -0.05) is 42.0 Å². The summed E-state index contributed by atoms with van der Waals surface area (Å²) in [6.07, 6.45) is 3.69. The molecule has 4 heteroatoms. The maximum Gasteiger partial charge on any atom is 0.123 e. The van der Waals surface area contributed by atoms with Crippen molar-refractivity contribution in [1.29, 1.82) is 5.26 Å². The number of allylic oxidation sites excluding steroid dienone is 1. The van der Waals surface area contributed by atoms with Gasteiger partial charge in [0, 0.05) is 29.2 Å². The number of nitrogens with zero attached hydrogens (tertiary/aromatic N) is 2. The van der Waals surface area contributed by atoms with Crippen LogP contribution in [0.25, 0.3) is 22.6 Å². The summed E-state index contributed by atoms with van der Waals surface area (Å²) < 4.78 is 29.1. The van der Waals surface area contributed by atoms with E-state index in [1.165, 1.54) is 24.3 Å². The Bertz CT molecular complexity index is 1240. The first kappa shape index (κ1) is 18.6. The number of nitriles is 1. The lowest BCUT2D eigenvalue weighted by molar-refractivity contribution is 0.626. The highest BCUT2D eigenvalue weighted by molar-refractivity contribution is 5.98. The van der Waals surface area contributed by atoms with Gasteiger partial charge in [-0.3, -0.25) is 0 Å². The normalized spacial score (nSPS) is 11.6. The molecular formula is C25H18F2N2. The van der Waals surface area contributed by atoms with E-state index in [0.29, 0.717) is 12.1 Å². The molecule has 3 aromatic carbocycles. The van der Waals surface area contributed by atoms with Crippen molar-refractivity contribution in [3.05, 3.63) is 107 Å². The molecule has 142 valence electrons. The minimum Gasteiger partial charge on any atom is -0.342 e. The number of hydrogen-bond acceptors (Lipinski definition) is 1. The Morgan fingerprint density at radius 2 is 1.66 bits per heavy atom. The molecule has 2 nitrogen and oxygen atoms in total. The van der Waals surface area contributed by atoms with Crippen LogP contribution in [-0.4, -0.2) is 4.57 Å². The average Bonchev–Trinajstić information content (AvgIpc) is 3.05.